The maximum atomic E-state index is 11.9. The molecule has 1 rings (SSSR count). The molecule has 0 amide bonds. The minimum atomic E-state index is -4.87. The topological polar surface area (TPSA) is 9.23 Å². The Balaban J connectivity index is 0.00000196. The zero-order chi connectivity index (χ0) is 10.6. The van der Waals surface area contributed by atoms with Crippen LogP contribution < -0.4 is 56.1 Å². The van der Waals surface area contributed by atoms with Crippen molar-refractivity contribution < 1.29 is 69.1 Å². The SMILES string of the molecule is CCc1cccc(OC[B-](F)(F)F)c1.[K+]. The molecule has 0 bridgehead atoms. The first-order valence-corrected chi connectivity index (χ1v) is 4.44. The van der Waals surface area contributed by atoms with Gasteiger partial charge in [0.25, 0.3) is 0 Å². The van der Waals surface area contributed by atoms with Crippen molar-refractivity contribution in [3.05, 3.63) is 29.8 Å². The van der Waals surface area contributed by atoms with Crippen LogP contribution >= 0.6 is 0 Å². The molecule has 15 heavy (non-hydrogen) atoms. The van der Waals surface area contributed by atoms with Crippen LogP contribution in [0.1, 0.15) is 12.5 Å². The van der Waals surface area contributed by atoms with E-state index in [0.717, 1.165) is 12.0 Å². The number of rotatable bonds is 4. The summed E-state index contributed by atoms with van der Waals surface area (Å²) in [5.41, 5.74) is 0.970. The van der Waals surface area contributed by atoms with Gasteiger partial charge in [0.2, 0.25) is 0 Å². The van der Waals surface area contributed by atoms with Crippen molar-refractivity contribution in [2.24, 2.45) is 0 Å². The van der Waals surface area contributed by atoms with E-state index < -0.39 is 13.5 Å². The van der Waals surface area contributed by atoms with Gasteiger partial charge in [-0.15, -0.1) is 0 Å². The standard InChI is InChI=1S/C9H11BF3O.K/c1-2-8-4-3-5-9(6-8)14-7-10(11,12)13;/h3-6H,2,7H2,1H3;/q-1;+1. The van der Waals surface area contributed by atoms with Gasteiger partial charge in [0.15, 0.2) is 0 Å². The average Bonchev–Trinajstić information content (AvgIpc) is 2.14. The normalized spacial score (nSPS) is 10.7. The number of hydrogen-bond donors (Lipinski definition) is 0. The van der Waals surface area contributed by atoms with Gasteiger partial charge in [0, 0.05) is 0 Å². The summed E-state index contributed by atoms with van der Waals surface area (Å²) >= 11 is 0. The summed E-state index contributed by atoms with van der Waals surface area (Å²) in [6.07, 6.45) is 0.786. The summed E-state index contributed by atoms with van der Waals surface area (Å²) in [6.45, 7) is -4.10. The Labute approximate surface area is 130 Å². The van der Waals surface area contributed by atoms with Gasteiger partial charge in [-0.2, -0.15) is 0 Å². The Morgan fingerprint density at radius 3 is 2.47 bits per heavy atom. The van der Waals surface area contributed by atoms with Crippen molar-refractivity contribution in [2.45, 2.75) is 13.3 Å². The zero-order valence-corrected chi connectivity index (χ0v) is 12.0. The molecule has 0 aliphatic carbocycles. The van der Waals surface area contributed by atoms with E-state index >= 15 is 0 Å². The Hall–Kier alpha value is 0.511. The smallest absolute Gasteiger partial charge is 0.522 e. The minimum absolute atomic E-state index is 0. The summed E-state index contributed by atoms with van der Waals surface area (Å²) < 4.78 is 40.2. The molecule has 0 aliphatic rings. The number of halogens is 3. The molecular weight excluding hydrogens is 231 g/mol. The maximum Gasteiger partial charge on any atom is 1.00 e. The van der Waals surface area contributed by atoms with Gasteiger partial charge in [-0.05, 0) is 24.1 Å². The monoisotopic (exact) mass is 242 g/mol. The summed E-state index contributed by atoms with van der Waals surface area (Å²) in [7, 11) is 0. The molecule has 0 radical (unpaired) electrons. The Morgan fingerprint density at radius 2 is 1.93 bits per heavy atom. The number of aryl methyl sites for hydroxylation is 1. The minimum Gasteiger partial charge on any atom is -0.522 e. The third-order valence-electron chi connectivity index (χ3n) is 1.75. The van der Waals surface area contributed by atoms with Crippen molar-refractivity contribution in [1.29, 1.82) is 0 Å². The number of benzene rings is 1. The maximum absolute atomic E-state index is 11.9. The summed E-state index contributed by atoms with van der Waals surface area (Å²) in [5.74, 6) is 0.281. The van der Waals surface area contributed by atoms with Crippen molar-refractivity contribution in [3.63, 3.8) is 0 Å². The quantitative estimate of drug-likeness (QED) is 0.676. The third kappa shape index (κ3) is 6.63. The van der Waals surface area contributed by atoms with Crippen molar-refractivity contribution >= 4 is 6.98 Å². The summed E-state index contributed by atoms with van der Waals surface area (Å²) in [5, 5.41) is 0. The first-order chi connectivity index (χ1) is 6.51. The van der Waals surface area contributed by atoms with Crippen LogP contribution in [-0.4, -0.2) is 13.5 Å². The van der Waals surface area contributed by atoms with Gasteiger partial charge >= 0.3 is 58.4 Å². The van der Waals surface area contributed by atoms with Crippen LogP contribution in [0.3, 0.4) is 0 Å². The second-order valence-electron chi connectivity index (χ2n) is 3.02. The van der Waals surface area contributed by atoms with Gasteiger partial charge in [-0.1, -0.05) is 19.1 Å². The molecule has 0 fully saturated rings. The second-order valence-corrected chi connectivity index (χ2v) is 3.02. The van der Waals surface area contributed by atoms with E-state index in [4.69, 9.17) is 0 Å². The van der Waals surface area contributed by atoms with Gasteiger partial charge in [-0.3, -0.25) is 0 Å². The third-order valence-corrected chi connectivity index (χ3v) is 1.75. The molecule has 6 heteroatoms. The first-order valence-electron chi connectivity index (χ1n) is 4.44. The summed E-state index contributed by atoms with van der Waals surface area (Å²) in [6, 6.07) is 6.70. The molecule has 0 heterocycles. The molecule has 0 aromatic heterocycles. The fourth-order valence-corrected chi connectivity index (χ4v) is 1.05. The summed E-state index contributed by atoms with van der Waals surface area (Å²) in [4.78, 5) is 0. The number of hydrogen-bond acceptors (Lipinski definition) is 1. The van der Waals surface area contributed by atoms with E-state index in [1.54, 1.807) is 12.1 Å². The van der Waals surface area contributed by atoms with Gasteiger partial charge in [0.05, 0.1) is 6.51 Å². The zero-order valence-electron chi connectivity index (χ0n) is 8.84. The largest absolute Gasteiger partial charge is 1.00 e. The van der Waals surface area contributed by atoms with Crippen LogP contribution in [0.2, 0.25) is 0 Å². The average molecular weight is 242 g/mol. The van der Waals surface area contributed by atoms with Gasteiger partial charge in [-0.25, -0.2) is 0 Å². The number of ether oxygens (including phenoxy) is 1. The van der Waals surface area contributed by atoms with Crippen molar-refractivity contribution in [3.8, 4) is 5.75 Å². The Kier molecular flexibility index (Phi) is 7.20. The van der Waals surface area contributed by atoms with Crippen LogP contribution in [0.4, 0.5) is 12.9 Å². The molecule has 0 saturated carbocycles. The molecule has 0 unspecified atom stereocenters. The molecule has 0 atom stereocenters. The molecule has 0 spiro atoms. The molecule has 0 N–H and O–H groups in total. The predicted octanol–water partition coefficient (Wildman–Crippen LogP) is 0.0184. The molecule has 1 aromatic rings. The van der Waals surface area contributed by atoms with Crippen molar-refractivity contribution in [1.82, 2.24) is 0 Å². The Morgan fingerprint density at radius 1 is 1.27 bits per heavy atom. The van der Waals surface area contributed by atoms with E-state index in [1.807, 2.05) is 13.0 Å². The first kappa shape index (κ1) is 15.5. The van der Waals surface area contributed by atoms with Crippen LogP contribution in [0, 0.1) is 0 Å². The van der Waals surface area contributed by atoms with Crippen LogP contribution in [0.25, 0.3) is 0 Å². The molecule has 78 valence electrons. The molecular formula is C9H11BF3KO. The molecule has 0 saturated heterocycles. The predicted molar refractivity (Wildman–Crippen MR) is 50.4 cm³/mol. The molecule has 1 aromatic carbocycles. The van der Waals surface area contributed by atoms with Crippen molar-refractivity contribution in [2.75, 3.05) is 6.51 Å². The van der Waals surface area contributed by atoms with E-state index in [-0.39, 0.29) is 57.1 Å². The van der Waals surface area contributed by atoms with E-state index in [2.05, 4.69) is 4.74 Å². The van der Waals surface area contributed by atoms with E-state index in [1.165, 1.54) is 6.07 Å². The fraction of sp³-hybridized carbons (Fsp3) is 0.333. The van der Waals surface area contributed by atoms with Gasteiger partial charge < -0.3 is 17.7 Å². The Bertz CT molecular complexity index is 304. The fourth-order valence-electron chi connectivity index (χ4n) is 1.05. The van der Waals surface area contributed by atoms with Crippen LogP contribution in [-0.2, 0) is 6.42 Å². The second kappa shape index (κ2) is 6.96. The van der Waals surface area contributed by atoms with E-state index in [0.29, 0.717) is 0 Å². The molecule has 1 nitrogen and oxygen atoms in total. The van der Waals surface area contributed by atoms with E-state index in [9.17, 15) is 12.9 Å². The molecule has 0 aliphatic heterocycles. The van der Waals surface area contributed by atoms with Crippen LogP contribution in [0.15, 0.2) is 24.3 Å². The van der Waals surface area contributed by atoms with Crippen LogP contribution in [0.5, 0.6) is 5.75 Å². The van der Waals surface area contributed by atoms with Gasteiger partial charge in [0.1, 0.15) is 5.75 Å².